The maximum atomic E-state index is 12.9. The Morgan fingerprint density at radius 1 is 0.852 bits per heavy atom. The fourth-order valence-electron chi connectivity index (χ4n) is 2.72. The largest absolute Gasteiger partial charge is 0.462 e. The standard InChI is InChI=1S/C18H11F6NO2/c19-17(20,21)11-5-1-3-9(7-11)13-14(26)15(27-16(13)25)10-4-2-6-12(8-10)18(22,23)24/h1-8,15H,25H2. The molecule has 0 saturated heterocycles. The molecule has 0 aliphatic carbocycles. The van der Waals surface area contributed by atoms with E-state index in [4.69, 9.17) is 10.5 Å². The first-order valence-corrected chi connectivity index (χ1v) is 7.54. The number of hydrogen-bond donors (Lipinski definition) is 1. The molecule has 27 heavy (non-hydrogen) atoms. The summed E-state index contributed by atoms with van der Waals surface area (Å²) in [5.41, 5.74) is 3.15. The fraction of sp³-hybridized carbons (Fsp3) is 0.167. The highest BCUT2D eigenvalue weighted by molar-refractivity contribution is 6.25. The minimum Gasteiger partial charge on any atom is -0.462 e. The Morgan fingerprint density at radius 3 is 2.00 bits per heavy atom. The second-order valence-electron chi connectivity index (χ2n) is 5.80. The van der Waals surface area contributed by atoms with Gasteiger partial charge in [-0.1, -0.05) is 24.3 Å². The predicted molar refractivity (Wildman–Crippen MR) is 82.8 cm³/mol. The quantitative estimate of drug-likeness (QED) is 0.761. The van der Waals surface area contributed by atoms with Crippen molar-refractivity contribution in [2.45, 2.75) is 18.5 Å². The molecule has 2 N–H and O–H groups in total. The van der Waals surface area contributed by atoms with Crippen molar-refractivity contribution in [2.24, 2.45) is 5.73 Å². The number of alkyl halides is 6. The number of nitrogens with two attached hydrogens (primary N) is 1. The Morgan fingerprint density at radius 2 is 1.41 bits per heavy atom. The Balaban J connectivity index is 1.96. The zero-order chi connectivity index (χ0) is 20.0. The molecule has 0 radical (unpaired) electrons. The zero-order valence-electron chi connectivity index (χ0n) is 13.4. The smallest absolute Gasteiger partial charge is 0.416 e. The molecular weight excluding hydrogens is 376 g/mol. The van der Waals surface area contributed by atoms with Gasteiger partial charge in [-0.15, -0.1) is 0 Å². The Kier molecular flexibility index (Phi) is 4.41. The molecule has 2 aromatic rings. The van der Waals surface area contributed by atoms with Crippen LogP contribution in [0.3, 0.4) is 0 Å². The van der Waals surface area contributed by atoms with Gasteiger partial charge < -0.3 is 10.5 Å². The molecular formula is C18H11F6NO2. The Labute approximate surface area is 149 Å². The van der Waals surface area contributed by atoms with Crippen molar-refractivity contribution in [1.29, 1.82) is 0 Å². The average Bonchev–Trinajstić information content (AvgIpc) is 2.88. The van der Waals surface area contributed by atoms with E-state index in [9.17, 15) is 31.1 Å². The van der Waals surface area contributed by atoms with Gasteiger partial charge in [-0.3, -0.25) is 4.79 Å². The summed E-state index contributed by atoms with van der Waals surface area (Å²) in [4.78, 5) is 12.6. The van der Waals surface area contributed by atoms with Crippen molar-refractivity contribution in [3.05, 3.63) is 76.7 Å². The van der Waals surface area contributed by atoms with Crippen LogP contribution in [0.5, 0.6) is 0 Å². The molecule has 1 heterocycles. The molecule has 1 unspecified atom stereocenters. The molecule has 142 valence electrons. The van der Waals surface area contributed by atoms with Gasteiger partial charge in [-0.2, -0.15) is 26.3 Å². The van der Waals surface area contributed by atoms with E-state index >= 15 is 0 Å². The van der Waals surface area contributed by atoms with Crippen LogP contribution in [-0.4, -0.2) is 5.78 Å². The maximum absolute atomic E-state index is 12.9. The molecule has 3 nitrogen and oxygen atoms in total. The van der Waals surface area contributed by atoms with Crippen LogP contribution in [-0.2, 0) is 21.9 Å². The predicted octanol–water partition coefficient (Wildman–Crippen LogP) is 4.69. The lowest BCUT2D eigenvalue weighted by Gasteiger charge is -2.13. The fourth-order valence-corrected chi connectivity index (χ4v) is 2.72. The summed E-state index contributed by atoms with van der Waals surface area (Å²) in [6.07, 6.45) is -10.7. The Hall–Kier alpha value is -2.97. The summed E-state index contributed by atoms with van der Waals surface area (Å²) in [7, 11) is 0. The molecule has 2 aromatic carbocycles. The molecule has 1 atom stereocenters. The van der Waals surface area contributed by atoms with Gasteiger partial charge in [-0.05, 0) is 29.8 Å². The second kappa shape index (κ2) is 6.33. The van der Waals surface area contributed by atoms with Gasteiger partial charge in [-0.25, -0.2) is 0 Å². The molecule has 0 amide bonds. The minimum atomic E-state index is -4.63. The van der Waals surface area contributed by atoms with E-state index in [0.29, 0.717) is 0 Å². The van der Waals surface area contributed by atoms with Crippen molar-refractivity contribution in [3.8, 4) is 0 Å². The van der Waals surface area contributed by atoms with Crippen molar-refractivity contribution < 1.29 is 35.9 Å². The summed E-state index contributed by atoms with van der Waals surface area (Å²) >= 11 is 0. The molecule has 0 bridgehead atoms. The number of rotatable bonds is 2. The first-order valence-electron chi connectivity index (χ1n) is 7.54. The summed E-state index contributed by atoms with van der Waals surface area (Å²) < 4.78 is 82.4. The summed E-state index contributed by atoms with van der Waals surface area (Å²) in [6.45, 7) is 0. The van der Waals surface area contributed by atoms with Crippen LogP contribution in [0.4, 0.5) is 26.3 Å². The molecule has 3 rings (SSSR count). The molecule has 9 heteroatoms. The van der Waals surface area contributed by atoms with Gasteiger partial charge in [0.25, 0.3) is 0 Å². The highest BCUT2D eigenvalue weighted by Gasteiger charge is 2.39. The van der Waals surface area contributed by atoms with Crippen LogP contribution in [0, 0.1) is 0 Å². The van der Waals surface area contributed by atoms with Gasteiger partial charge in [0.2, 0.25) is 5.78 Å². The molecule has 0 aromatic heterocycles. The summed E-state index contributed by atoms with van der Waals surface area (Å²) in [5.74, 6) is -1.26. The number of halogens is 6. The van der Waals surface area contributed by atoms with Crippen molar-refractivity contribution in [3.63, 3.8) is 0 Å². The van der Waals surface area contributed by atoms with Crippen LogP contribution < -0.4 is 5.73 Å². The second-order valence-corrected chi connectivity index (χ2v) is 5.80. The number of carbonyl (C=O) groups excluding carboxylic acids is 1. The lowest BCUT2D eigenvalue weighted by Crippen LogP contribution is -2.12. The third-order valence-electron chi connectivity index (χ3n) is 3.97. The highest BCUT2D eigenvalue weighted by Crippen LogP contribution is 2.39. The van der Waals surface area contributed by atoms with Crippen molar-refractivity contribution in [1.82, 2.24) is 0 Å². The molecule has 0 spiro atoms. The normalized spacial score (nSPS) is 18.0. The van der Waals surface area contributed by atoms with E-state index in [2.05, 4.69) is 0 Å². The third kappa shape index (κ3) is 3.62. The topological polar surface area (TPSA) is 52.3 Å². The van der Waals surface area contributed by atoms with E-state index in [0.717, 1.165) is 36.4 Å². The monoisotopic (exact) mass is 387 g/mol. The number of hydrogen-bond acceptors (Lipinski definition) is 3. The molecule has 1 aliphatic heterocycles. The lowest BCUT2D eigenvalue weighted by molar-refractivity contribution is -0.138. The van der Waals surface area contributed by atoms with Crippen LogP contribution in [0.25, 0.3) is 5.57 Å². The van der Waals surface area contributed by atoms with E-state index in [1.54, 1.807) is 0 Å². The zero-order valence-corrected chi connectivity index (χ0v) is 13.4. The SMILES string of the molecule is NC1=C(c2cccc(C(F)(F)F)c2)C(=O)C(c2cccc(C(F)(F)F)c2)O1. The van der Waals surface area contributed by atoms with Gasteiger partial charge in [0.05, 0.1) is 16.7 Å². The van der Waals surface area contributed by atoms with Crippen LogP contribution in [0.2, 0.25) is 0 Å². The van der Waals surface area contributed by atoms with Crippen LogP contribution >= 0.6 is 0 Å². The van der Waals surface area contributed by atoms with E-state index in [1.165, 1.54) is 12.1 Å². The maximum Gasteiger partial charge on any atom is 0.416 e. The first kappa shape index (κ1) is 18.8. The molecule has 0 saturated carbocycles. The number of carbonyl (C=O) groups is 1. The van der Waals surface area contributed by atoms with Crippen LogP contribution in [0.1, 0.15) is 28.4 Å². The minimum absolute atomic E-state index is 0.0975. The third-order valence-corrected chi connectivity index (χ3v) is 3.97. The van der Waals surface area contributed by atoms with E-state index in [1.807, 2.05) is 0 Å². The lowest BCUT2D eigenvalue weighted by atomic mass is 9.95. The van der Waals surface area contributed by atoms with E-state index < -0.39 is 41.2 Å². The summed E-state index contributed by atoms with van der Waals surface area (Å²) in [5, 5.41) is 0. The number of Topliss-reactive ketones (excluding diaryl/α,β-unsaturated/α-hetero) is 1. The number of ketones is 1. The van der Waals surface area contributed by atoms with E-state index in [-0.39, 0.29) is 16.7 Å². The highest BCUT2D eigenvalue weighted by atomic mass is 19.4. The number of ether oxygens (including phenoxy) is 1. The van der Waals surface area contributed by atoms with Gasteiger partial charge in [0, 0.05) is 5.56 Å². The number of benzene rings is 2. The van der Waals surface area contributed by atoms with Crippen molar-refractivity contribution >= 4 is 11.4 Å². The average molecular weight is 387 g/mol. The van der Waals surface area contributed by atoms with Crippen molar-refractivity contribution in [2.75, 3.05) is 0 Å². The summed E-state index contributed by atoms with van der Waals surface area (Å²) in [6, 6.07) is 7.82. The first-order chi connectivity index (χ1) is 12.5. The van der Waals surface area contributed by atoms with Gasteiger partial charge in [0.1, 0.15) is 0 Å². The molecule has 1 aliphatic rings. The Bertz CT molecular complexity index is 930. The molecule has 0 fully saturated rings. The van der Waals surface area contributed by atoms with Gasteiger partial charge >= 0.3 is 12.4 Å². The van der Waals surface area contributed by atoms with Gasteiger partial charge in [0.15, 0.2) is 12.0 Å². The van der Waals surface area contributed by atoms with Crippen LogP contribution in [0.15, 0.2) is 54.4 Å².